The number of benzene rings is 2. The Kier molecular flexibility index (Phi) is 5.06. The van der Waals surface area contributed by atoms with Gasteiger partial charge in [-0.15, -0.1) is 0 Å². The lowest BCUT2D eigenvalue weighted by molar-refractivity contribution is 0.0687. The molecule has 128 valence electrons. The second-order valence-corrected chi connectivity index (χ2v) is 6.38. The van der Waals surface area contributed by atoms with Crippen LogP contribution in [0.25, 0.3) is 5.69 Å². The van der Waals surface area contributed by atoms with Gasteiger partial charge in [-0.25, -0.2) is 18.6 Å². The molecule has 1 aromatic heterocycles. The van der Waals surface area contributed by atoms with Gasteiger partial charge < -0.3 is 5.11 Å². The maximum atomic E-state index is 13.9. The third-order valence-corrected chi connectivity index (χ3v) is 4.77. The summed E-state index contributed by atoms with van der Waals surface area (Å²) in [6, 6.07) is 9.74. The molecule has 0 amide bonds. The van der Waals surface area contributed by atoms with Gasteiger partial charge in [-0.05, 0) is 36.4 Å². The van der Waals surface area contributed by atoms with Gasteiger partial charge in [0.25, 0.3) is 0 Å². The van der Waals surface area contributed by atoms with Crippen molar-refractivity contribution in [2.75, 3.05) is 0 Å². The fourth-order valence-corrected chi connectivity index (χ4v) is 3.57. The predicted octanol–water partition coefficient (Wildman–Crippen LogP) is 4.79. The highest BCUT2D eigenvalue weighted by atomic mass is 35.5. The standard InChI is InChI=1S/C17H11ClF2N2O2S/c18-13-2-1-3-14(20)12(13)9-25-17-21-8-15(16(23)24)22(17)11-6-4-10(19)5-7-11/h1-8H,9H2,(H,23,24). The molecule has 0 unspecified atom stereocenters. The zero-order valence-corrected chi connectivity index (χ0v) is 14.2. The van der Waals surface area contributed by atoms with Crippen LogP contribution < -0.4 is 0 Å². The summed E-state index contributed by atoms with van der Waals surface area (Å²) in [5.74, 6) is -1.89. The van der Waals surface area contributed by atoms with E-state index in [0.29, 0.717) is 16.4 Å². The molecule has 0 radical (unpaired) electrons. The molecule has 3 aromatic rings. The highest BCUT2D eigenvalue weighted by Crippen LogP contribution is 2.30. The first kappa shape index (κ1) is 17.4. The van der Waals surface area contributed by atoms with Gasteiger partial charge in [-0.3, -0.25) is 4.57 Å². The van der Waals surface area contributed by atoms with E-state index in [4.69, 9.17) is 11.6 Å². The van der Waals surface area contributed by atoms with E-state index in [9.17, 15) is 18.7 Å². The quantitative estimate of drug-likeness (QED) is 0.646. The zero-order valence-electron chi connectivity index (χ0n) is 12.6. The van der Waals surface area contributed by atoms with Gasteiger partial charge in [0, 0.05) is 22.0 Å². The molecular formula is C17H11ClF2N2O2S. The Labute approximate surface area is 151 Å². The molecule has 0 fully saturated rings. The van der Waals surface area contributed by atoms with Gasteiger partial charge in [-0.2, -0.15) is 0 Å². The number of aromatic carboxylic acids is 1. The van der Waals surface area contributed by atoms with Crippen molar-refractivity contribution in [3.05, 3.63) is 76.6 Å². The van der Waals surface area contributed by atoms with E-state index in [1.54, 1.807) is 6.07 Å². The Morgan fingerprint density at radius 2 is 1.92 bits per heavy atom. The van der Waals surface area contributed by atoms with Crippen molar-refractivity contribution in [1.29, 1.82) is 0 Å². The fourth-order valence-electron chi connectivity index (χ4n) is 2.23. The topological polar surface area (TPSA) is 55.1 Å². The normalized spacial score (nSPS) is 10.8. The largest absolute Gasteiger partial charge is 0.477 e. The number of carboxylic acids is 1. The summed E-state index contributed by atoms with van der Waals surface area (Å²) in [6.07, 6.45) is 1.21. The smallest absolute Gasteiger partial charge is 0.354 e. The Bertz CT molecular complexity index is 909. The van der Waals surface area contributed by atoms with Gasteiger partial charge >= 0.3 is 5.97 Å². The molecule has 0 aliphatic heterocycles. The van der Waals surface area contributed by atoms with Gasteiger partial charge in [0.15, 0.2) is 10.9 Å². The molecule has 0 aliphatic rings. The molecule has 8 heteroatoms. The Balaban J connectivity index is 1.97. The highest BCUT2D eigenvalue weighted by Gasteiger charge is 2.18. The van der Waals surface area contributed by atoms with E-state index in [0.717, 1.165) is 11.8 Å². The fraction of sp³-hybridized carbons (Fsp3) is 0.0588. The van der Waals surface area contributed by atoms with Gasteiger partial charge in [0.2, 0.25) is 0 Å². The molecule has 0 saturated carbocycles. The van der Waals surface area contributed by atoms with Gasteiger partial charge in [0.05, 0.1) is 6.20 Å². The third-order valence-electron chi connectivity index (χ3n) is 3.44. The lowest BCUT2D eigenvalue weighted by atomic mass is 10.2. The molecule has 0 spiro atoms. The van der Waals surface area contributed by atoms with Crippen LogP contribution in [0.2, 0.25) is 5.02 Å². The molecule has 2 aromatic carbocycles. The lowest BCUT2D eigenvalue weighted by Crippen LogP contribution is -2.07. The van der Waals surface area contributed by atoms with Crippen molar-refractivity contribution < 1.29 is 18.7 Å². The van der Waals surface area contributed by atoms with E-state index in [1.807, 2.05) is 0 Å². The Hall–Kier alpha value is -2.38. The number of carboxylic acid groups (broad SMARTS) is 1. The number of halogens is 3. The molecule has 1 heterocycles. The van der Waals surface area contributed by atoms with Crippen LogP contribution in [0.3, 0.4) is 0 Å². The van der Waals surface area contributed by atoms with Crippen LogP contribution in [-0.2, 0) is 5.75 Å². The SMILES string of the molecule is O=C(O)c1cnc(SCc2c(F)cccc2Cl)n1-c1ccc(F)cc1. The number of nitrogens with zero attached hydrogens (tertiary/aromatic N) is 2. The van der Waals surface area contributed by atoms with Crippen molar-refractivity contribution in [2.45, 2.75) is 10.9 Å². The van der Waals surface area contributed by atoms with Crippen LogP contribution in [0.15, 0.2) is 53.8 Å². The summed E-state index contributed by atoms with van der Waals surface area (Å²) >= 11 is 7.15. The first-order chi connectivity index (χ1) is 12.0. The van der Waals surface area contributed by atoms with E-state index in [2.05, 4.69) is 4.98 Å². The zero-order chi connectivity index (χ0) is 18.0. The van der Waals surface area contributed by atoms with E-state index in [-0.39, 0.29) is 16.5 Å². The summed E-state index contributed by atoms with van der Waals surface area (Å²) in [5.41, 5.74) is 0.673. The minimum absolute atomic E-state index is 0.0752. The molecule has 4 nitrogen and oxygen atoms in total. The first-order valence-corrected chi connectivity index (χ1v) is 8.46. The Morgan fingerprint density at radius 3 is 2.56 bits per heavy atom. The highest BCUT2D eigenvalue weighted by molar-refractivity contribution is 7.98. The minimum atomic E-state index is -1.17. The maximum Gasteiger partial charge on any atom is 0.354 e. The average molecular weight is 381 g/mol. The summed E-state index contributed by atoms with van der Waals surface area (Å²) < 4.78 is 28.4. The number of thioether (sulfide) groups is 1. The monoisotopic (exact) mass is 380 g/mol. The molecule has 0 atom stereocenters. The van der Waals surface area contributed by atoms with Crippen LogP contribution in [-0.4, -0.2) is 20.6 Å². The maximum absolute atomic E-state index is 13.9. The number of rotatable bonds is 5. The van der Waals surface area contributed by atoms with Gasteiger partial charge in [-0.1, -0.05) is 29.4 Å². The van der Waals surface area contributed by atoms with Crippen LogP contribution in [0, 0.1) is 11.6 Å². The molecule has 25 heavy (non-hydrogen) atoms. The number of aromatic nitrogens is 2. The third kappa shape index (κ3) is 3.67. The van der Waals surface area contributed by atoms with Gasteiger partial charge in [0.1, 0.15) is 11.6 Å². The number of hydrogen-bond acceptors (Lipinski definition) is 3. The van der Waals surface area contributed by atoms with E-state index < -0.39 is 17.6 Å². The molecule has 0 aliphatic carbocycles. The second-order valence-electron chi connectivity index (χ2n) is 5.03. The number of carbonyl (C=O) groups is 1. The summed E-state index contributed by atoms with van der Waals surface area (Å²) in [4.78, 5) is 15.5. The molecule has 0 saturated heterocycles. The van der Waals surface area contributed by atoms with Crippen LogP contribution in [0.5, 0.6) is 0 Å². The van der Waals surface area contributed by atoms with Crippen LogP contribution in [0.1, 0.15) is 16.1 Å². The van der Waals surface area contributed by atoms with Crippen molar-refractivity contribution in [2.24, 2.45) is 0 Å². The minimum Gasteiger partial charge on any atom is -0.477 e. The second kappa shape index (κ2) is 7.25. The summed E-state index contributed by atoms with van der Waals surface area (Å²) in [5, 5.41) is 9.96. The first-order valence-electron chi connectivity index (χ1n) is 7.10. The van der Waals surface area contributed by atoms with Crippen LogP contribution >= 0.6 is 23.4 Å². The van der Waals surface area contributed by atoms with Crippen molar-refractivity contribution in [1.82, 2.24) is 9.55 Å². The molecule has 0 bridgehead atoms. The Morgan fingerprint density at radius 1 is 1.20 bits per heavy atom. The van der Waals surface area contributed by atoms with Crippen molar-refractivity contribution >= 4 is 29.3 Å². The number of hydrogen-bond donors (Lipinski definition) is 1. The van der Waals surface area contributed by atoms with Crippen LogP contribution in [0.4, 0.5) is 8.78 Å². The summed E-state index contributed by atoms with van der Waals surface area (Å²) in [7, 11) is 0. The van der Waals surface area contributed by atoms with E-state index >= 15 is 0 Å². The molecular weight excluding hydrogens is 370 g/mol. The average Bonchev–Trinajstić information content (AvgIpc) is 2.99. The van der Waals surface area contributed by atoms with E-state index in [1.165, 1.54) is 47.2 Å². The van der Waals surface area contributed by atoms with Crippen molar-refractivity contribution in [3.8, 4) is 5.69 Å². The molecule has 1 N–H and O–H groups in total. The number of imidazole rings is 1. The molecule has 3 rings (SSSR count). The predicted molar refractivity (Wildman–Crippen MR) is 91.5 cm³/mol. The lowest BCUT2D eigenvalue weighted by Gasteiger charge is -2.10. The summed E-state index contributed by atoms with van der Waals surface area (Å²) in [6.45, 7) is 0. The van der Waals surface area contributed by atoms with Crippen molar-refractivity contribution in [3.63, 3.8) is 0 Å².